The lowest BCUT2D eigenvalue weighted by atomic mass is 10.1. The van der Waals surface area contributed by atoms with Crippen molar-refractivity contribution < 1.29 is 27.4 Å². The second-order valence-electron chi connectivity index (χ2n) is 8.59. The molecule has 2 aliphatic rings. The molecule has 0 unspecified atom stereocenters. The molecule has 2 aliphatic heterocycles. The molecule has 0 aliphatic carbocycles. The van der Waals surface area contributed by atoms with Crippen LogP contribution in [0.1, 0.15) is 35.2 Å². The van der Waals surface area contributed by atoms with Gasteiger partial charge in [-0.05, 0) is 67.8 Å². The summed E-state index contributed by atoms with van der Waals surface area (Å²) in [5.41, 5.74) is 1.59. The van der Waals surface area contributed by atoms with Gasteiger partial charge in [-0.1, -0.05) is 12.5 Å². The molecule has 0 bridgehead atoms. The van der Waals surface area contributed by atoms with Crippen molar-refractivity contribution in [3.05, 3.63) is 65.7 Å². The summed E-state index contributed by atoms with van der Waals surface area (Å²) in [6.45, 7) is 2.76. The number of sulfonamides is 1. The van der Waals surface area contributed by atoms with Crippen LogP contribution < -0.4 is 19.5 Å². The summed E-state index contributed by atoms with van der Waals surface area (Å²) >= 11 is 0. The van der Waals surface area contributed by atoms with E-state index >= 15 is 0 Å². The van der Waals surface area contributed by atoms with Crippen LogP contribution in [0.25, 0.3) is 0 Å². The zero-order valence-corrected chi connectivity index (χ0v) is 20.4. The Morgan fingerprint density at radius 1 is 0.914 bits per heavy atom. The van der Waals surface area contributed by atoms with Gasteiger partial charge in [-0.25, -0.2) is 8.42 Å². The first-order chi connectivity index (χ1) is 16.8. The molecule has 0 saturated carbocycles. The fourth-order valence-electron chi connectivity index (χ4n) is 4.24. The number of methoxy groups -OCH3 is 1. The predicted octanol–water partition coefficient (Wildman–Crippen LogP) is 5.33. The van der Waals surface area contributed by atoms with Crippen LogP contribution in [0.2, 0.25) is 0 Å². The number of aryl methyl sites for hydroxylation is 1. The standard InChI is InChI=1S/C26H26N2O6S/c1-17-6-11-22-21(14-17)27-26(29)20-15-25(35(30,31)28-12-4-3-5-13-28)24(16-23(20)34-22)33-19-9-7-18(32-2)8-10-19/h6-11,14-16H,3-5,12-13H2,1-2H3,(H,27,29). The van der Waals surface area contributed by atoms with E-state index in [9.17, 15) is 13.2 Å². The molecule has 8 nitrogen and oxygen atoms in total. The highest BCUT2D eigenvalue weighted by Crippen LogP contribution is 2.42. The minimum atomic E-state index is -3.92. The summed E-state index contributed by atoms with van der Waals surface area (Å²) in [4.78, 5) is 13.0. The van der Waals surface area contributed by atoms with Gasteiger partial charge in [0, 0.05) is 19.2 Å². The topological polar surface area (TPSA) is 94.2 Å². The van der Waals surface area contributed by atoms with Gasteiger partial charge in [-0.15, -0.1) is 0 Å². The Balaban J connectivity index is 1.63. The highest BCUT2D eigenvalue weighted by Gasteiger charge is 2.33. The second kappa shape index (κ2) is 9.24. The van der Waals surface area contributed by atoms with E-state index in [-0.39, 0.29) is 22.0 Å². The molecule has 182 valence electrons. The molecular formula is C26H26N2O6S. The van der Waals surface area contributed by atoms with Crippen molar-refractivity contribution in [1.29, 1.82) is 0 Å². The van der Waals surface area contributed by atoms with E-state index in [4.69, 9.17) is 14.2 Å². The van der Waals surface area contributed by atoms with E-state index in [0.29, 0.717) is 36.0 Å². The number of piperidine rings is 1. The fourth-order valence-corrected chi connectivity index (χ4v) is 5.88. The Labute approximate surface area is 204 Å². The minimum absolute atomic E-state index is 0.0742. The maximum atomic E-state index is 13.7. The number of amides is 1. The van der Waals surface area contributed by atoms with Crippen molar-refractivity contribution >= 4 is 21.6 Å². The quantitative estimate of drug-likeness (QED) is 0.515. The normalized spacial score (nSPS) is 15.8. The molecule has 3 aromatic carbocycles. The molecule has 1 N–H and O–H groups in total. The van der Waals surface area contributed by atoms with Gasteiger partial charge in [-0.3, -0.25) is 4.79 Å². The Hall–Kier alpha value is -3.56. The number of anilines is 1. The molecule has 1 saturated heterocycles. The molecular weight excluding hydrogens is 468 g/mol. The van der Waals surface area contributed by atoms with Gasteiger partial charge in [-0.2, -0.15) is 4.31 Å². The molecule has 0 atom stereocenters. The summed E-state index contributed by atoms with van der Waals surface area (Å²) in [5, 5.41) is 2.83. The van der Waals surface area contributed by atoms with Gasteiger partial charge in [0.1, 0.15) is 22.1 Å². The van der Waals surface area contributed by atoms with Crippen LogP contribution in [0.15, 0.2) is 59.5 Å². The molecule has 1 fully saturated rings. The summed E-state index contributed by atoms with van der Waals surface area (Å²) in [5.74, 6) is 1.39. The first-order valence-corrected chi connectivity index (χ1v) is 12.9. The van der Waals surface area contributed by atoms with Crippen LogP contribution in [0.3, 0.4) is 0 Å². The van der Waals surface area contributed by atoms with Gasteiger partial charge in [0.15, 0.2) is 11.5 Å². The Morgan fingerprint density at radius 2 is 1.63 bits per heavy atom. The number of nitrogens with one attached hydrogen (secondary N) is 1. The minimum Gasteiger partial charge on any atom is -0.497 e. The fraction of sp³-hybridized carbons (Fsp3) is 0.269. The largest absolute Gasteiger partial charge is 0.497 e. The third-order valence-electron chi connectivity index (χ3n) is 6.11. The van der Waals surface area contributed by atoms with Crippen molar-refractivity contribution in [3.63, 3.8) is 0 Å². The molecule has 35 heavy (non-hydrogen) atoms. The SMILES string of the molecule is COc1ccc(Oc2cc3c(cc2S(=O)(=O)N2CCCCC2)C(=O)Nc2cc(C)ccc2O3)cc1. The third-order valence-corrected chi connectivity index (χ3v) is 8.03. The van der Waals surface area contributed by atoms with Crippen molar-refractivity contribution in [2.24, 2.45) is 0 Å². The lowest BCUT2D eigenvalue weighted by Gasteiger charge is -2.27. The van der Waals surface area contributed by atoms with Crippen LogP contribution >= 0.6 is 0 Å². The average molecular weight is 495 g/mol. The van der Waals surface area contributed by atoms with Gasteiger partial charge in [0.05, 0.1) is 18.4 Å². The van der Waals surface area contributed by atoms with E-state index in [1.54, 1.807) is 43.5 Å². The molecule has 0 radical (unpaired) electrons. The van der Waals surface area contributed by atoms with Crippen molar-refractivity contribution in [1.82, 2.24) is 4.31 Å². The van der Waals surface area contributed by atoms with Gasteiger partial charge in [0.2, 0.25) is 10.0 Å². The zero-order valence-electron chi connectivity index (χ0n) is 19.5. The van der Waals surface area contributed by atoms with E-state index in [2.05, 4.69) is 5.32 Å². The summed E-state index contributed by atoms with van der Waals surface area (Å²) in [7, 11) is -2.36. The number of hydrogen-bond donors (Lipinski definition) is 1. The van der Waals surface area contributed by atoms with Crippen molar-refractivity contribution in [2.45, 2.75) is 31.1 Å². The number of ether oxygens (including phenoxy) is 3. The van der Waals surface area contributed by atoms with E-state index < -0.39 is 15.9 Å². The molecule has 0 aromatic heterocycles. The molecule has 3 aromatic rings. The van der Waals surface area contributed by atoms with Crippen LogP contribution in [-0.2, 0) is 10.0 Å². The number of carbonyl (C=O) groups is 1. The number of hydrogen-bond acceptors (Lipinski definition) is 6. The van der Waals surface area contributed by atoms with Gasteiger partial charge >= 0.3 is 0 Å². The highest BCUT2D eigenvalue weighted by molar-refractivity contribution is 7.89. The van der Waals surface area contributed by atoms with Gasteiger partial charge in [0.25, 0.3) is 5.91 Å². The zero-order chi connectivity index (χ0) is 24.6. The Kier molecular flexibility index (Phi) is 6.12. The molecule has 9 heteroatoms. The van der Waals surface area contributed by atoms with E-state index in [0.717, 1.165) is 24.8 Å². The highest BCUT2D eigenvalue weighted by atomic mass is 32.2. The van der Waals surface area contributed by atoms with Crippen LogP contribution in [0.5, 0.6) is 28.7 Å². The van der Waals surface area contributed by atoms with Crippen LogP contribution in [0, 0.1) is 6.92 Å². The van der Waals surface area contributed by atoms with Crippen molar-refractivity contribution in [2.75, 3.05) is 25.5 Å². The first-order valence-electron chi connectivity index (χ1n) is 11.4. The molecule has 2 heterocycles. The maximum Gasteiger partial charge on any atom is 0.259 e. The predicted molar refractivity (Wildman–Crippen MR) is 131 cm³/mol. The first kappa shape index (κ1) is 23.2. The number of fused-ring (bicyclic) bond motifs is 2. The van der Waals surface area contributed by atoms with Crippen molar-refractivity contribution in [3.8, 4) is 28.7 Å². The average Bonchev–Trinajstić information content (AvgIpc) is 2.99. The number of carbonyl (C=O) groups excluding carboxylic acids is 1. The smallest absolute Gasteiger partial charge is 0.259 e. The third kappa shape index (κ3) is 4.56. The maximum absolute atomic E-state index is 13.7. The second-order valence-corrected chi connectivity index (χ2v) is 10.5. The molecule has 1 amide bonds. The molecule has 5 rings (SSSR count). The summed E-state index contributed by atoms with van der Waals surface area (Å²) < 4.78 is 46.2. The Morgan fingerprint density at radius 3 is 2.34 bits per heavy atom. The van der Waals surface area contributed by atoms with Crippen LogP contribution in [0.4, 0.5) is 5.69 Å². The van der Waals surface area contributed by atoms with E-state index in [1.807, 2.05) is 13.0 Å². The summed E-state index contributed by atoms with van der Waals surface area (Å²) in [6, 6.07) is 15.1. The lowest BCUT2D eigenvalue weighted by molar-refractivity contribution is 0.102. The molecule has 0 spiro atoms. The van der Waals surface area contributed by atoms with Gasteiger partial charge < -0.3 is 19.5 Å². The number of nitrogens with zero attached hydrogens (tertiary/aromatic N) is 1. The lowest BCUT2D eigenvalue weighted by Crippen LogP contribution is -2.35. The monoisotopic (exact) mass is 494 g/mol. The Bertz CT molecular complexity index is 1380. The summed E-state index contributed by atoms with van der Waals surface area (Å²) in [6.07, 6.45) is 2.56. The van der Waals surface area contributed by atoms with E-state index in [1.165, 1.54) is 16.4 Å². The number of benzene rings is 3. The number of rotatable bonds is 5. The van der Waals surface area contributed by atoms with Crippen LogP contribution in [-0.4, -0.2) is 38.8 Å².